The first-order chi connectivity index (χ1) is 9.67. The molecular weight excluding hydrogens is 272 g/mol. The van der Waals surface area contributed by atoms with Crippen molar-refractivity contribution in [1.29, 1.82) is 0 Å². The molecule has 2 heterocycles. The monoisotopic (exact) mass is 294 g/mol. The van der Waals surface area contributed by atoms with E-state index in [0.717, 1.165) is 35.4 Å². The average molecular weight is 294 g/mol. The normalized spacial score (nSPS) is 12.6. The van der Waals surface area contributed by atoms with Gasteiger partial charge in [0.1, 0.15) is 10.6 Å². The Bertz CT molecular complexity index is 570. The molecule has 0 radical (unpaired) electrons. The van der Waals surface area contributed by atoms with Gasteiger partial charge < -0.3 is 15.7 Å². The smallest absolute Gasteiger partial charge is 0.226 e. The van der Waals surface area contributed by atoms with Gasteiger partial charge >= 0.3 is 0 Å². The van der Waals surface area contributed by atoms with Crippen molar-refractivity contribution < 1.29 is 5.11 Å². The van der Waals surface area contributed by atoms with Crippen LogP contribution in [0.15, 0.2) is 6.07 Å². The number of anilines is 2. The largest absolute Gasteiger partial charge is 0.396 e. The number of hydrogen-bond donors (Lipinski definition) is 3. The maximum absolute atomic E-state index is 9.12. The number of nitrogens with zero attached hydrogens (tertiary/aromatic N) is 2. The highest BCUT2D eigenvalue weighted by Gasteiger charge is 2.13. The van der Waals surface area contributed by atoms with E-state index in [0.29, 0.717) is 5.95 Å². The first-order valence-corrected chi connectivity index (χ1v) is 7.89. The van der Waals surface area contributed by atoms with E-state index in [1.807, 2.05) is 6.92 Å². The molecule has 0 aliphatic heterocycles. The summed E-state index contributed by atoms with van der Waals surface area (Å²) >= 11 is 1.67. The summed E-state index contributed by atoms with van der Waals surface area (Å²) in [5.74, 6) is 1.51. The second kappa shape index (κ2) is 6.85. The van der Waals surface area contributed by atoms with Gasteiger partial charge in [0.2, 0.25) is 5.95 Å². The van der Waals surface area contributed by atoms with Crippen LogP contribution in [0.5, 0.6) is 0 Å². The molecule has 2 aromatic rings. The number of aliphatic hydroxyl groups excluding tert-OH is 1. The SMILES string of the molecule is CCNc1nc(NC(CC)CCO)c2cc(C)sc2n1. The zero-order chi connectivity index (χ0) is 14.5. The van der Waals surface area contributed by atoms with Gasteiger partial charge in [-0.05, 0) is 32.8 Å². The minimum absolute atomic E-state index is 0.183. The lowest BCUT2D eigenvalue weighted by Crippen LogP contribution is -2.21. The van der Waals surface area contributed by atoms with Crippen LogP contribution in [0.2, 0.25) is 0 Å². The average Bonchev–Trinajstić information content (AvgIpc) is 2.79. The quantitative estimate of drug-likeness (QED) is 0.732. The molecule has 1 atom stereocenters. The summed E-state index contributed by atoms with van der Waals surface area (Å²) < 4.78 is 0. The topological polar surface area (TPSA) is 70.1 Å². The Morgan fingerprint density at radius 1 is 1.35 bits per heavy atom. The van der Waals surface area contributed by atoms with Gasteiger partial charge in [0.25, 0.3) is 0 Å². The lowest BCUT2D eigenvalue weighted by Gasteiger charge is -2.17. The van der Waals surface area contributed by atoms with Crippen molar-refractivity contribution in [1.82, 2.24) is 9.97 Å². The first kappa shape index (κ1) is 15.0. The highest BCUT2D eigenvalue weighted by atomic mass is 32.1. The van der Waals surface area contributed by atoms with Crippen molar-refractivity contribution in [2.24, 2.45) is 0 Å². The van der Waals surface area contributed by atoms with E-state index in [9.17, 15) is 0 Å². The molecule has 0 aliphatic rings. The number of nitrogens with one attached hydrogen (secondary N) is 2. The third-order valence-electron chi connectivity index (χ3n) is 3.16. The third-order valence-corrected chi connectivity index (χ3v) is 4.11. The molecule has 0 spiro atoms. The predicted octanol–water partition coefficient (Wildman–Crippen LogP) is 3.00. The molecule has 5 nitrogen and oxygen atoms in total. The molecule has 0 aromatic carbocycles. The van der Waals surface area contributed by atoms with Crippen LogP contribution in [0.4, 0.5) is 11.8 Å². The van der Waals surface area contributed by atoms with Gasteiger partial charge in [-0.1, -0.05) is 6.92 Å². The number of aliphatic hydroxyl groups is 1. The van der Waals surface area contributed by atoms with Crippen LogP contribution in [-0.2, 0) is 0 Å². The van der Waals surface area contributed by atoms with Crippen LogP contribution >= 0.6 is 11.3 Å². The van der Waals surface area contributed by atoms with Crippen LogP contribution in [-0.4, -0.2) is 34.3 Å². The van der Waals surface area contributed by atoms with Crippen molar-refractivity contribution in [3.8, 4) is 0 Å². The molecule has 0 aliphatic carbocycles. The van der Waals surface area contributed by atoms with Gasteiger partial charge in [-0.2, -0.15) is 4.98 Å². The Balaban J connectivity index is 2.37. The molecule has 0 bridgehead atoms. The standard InChI is InChI=1S/C14H22N4OS/c1-4-10(6-7-19)16-12-11-8-9(3)20-13(11)18-14(17-12)15-5-2/h8,10,19H,4-7H2,1-3H3,(H2,15,16,17,18). The molecule has 20 heavy (non-hydrogen) atoms. The van der Waals surface area contributed by atoms with Crippen molar-refractivity contribution >= 4 is 33.3 Å². The fourth-order valence-electron chi connectivity index (χ4n) is 2.12. The third kappa shape index (κ3) is 3.37. The van der Waals surface area contributed by atoms with Gasteiger partial charge in [-0.3, -0.25) is 0 Å². The molecule has 0 saturated heterocycles. The minimum atomic E-state index is 0.183. The highest BCUT2D eigenvalue weighted by molar-refractivity contribution is 7.18. The number of thiophene rings is 1. The van der Waals surface area contributed by atoms with Crippen LogP contribution < -0.4 is 10.6 Å². The van der Waals surface area contributed by atoms with Crippen LogP contribution in [0.3, 0.4) is 0 Å². The van der Waals surface area contributed by atoms with Crippen LogP contribution in [0.1, 0.15) is 31.6 Å². The van der Waals surface area contributed by atoms with E-state index >= 15 is 0 Å². The first-order valence-electron chi connectivity index (χ1n) is 7.07. The second-order valence-corrected chi connectivity index (χ2v) is 6.00. The predicted molar refractivity (Wildman–Crippen MR) is 85.7 cm³/mol. The van der Waals surface area contributed by atoms with Crippen molar-refractivity contribution in [3.63, 3.8) is 0 Å². The molecule has 2 rings (SSSR count). The molecule has 2 aromatic heterocycles. The Kier molecular flexibility index (Phi) is 5.14. The Morgan fingerprint density at radius 3 is 2.80 bits per heavy atom. The van der Waals surface area contributed by atoms with Crippen molar-refractivity contribution in [2.45, 2.75) is 39.7 Å². The number of rotatable bonds is 7. The Morgan fingerprint density at radius 2 is 2.15 bits per heavy atom. The summed E-state index contributed by atoms with van der Waals surface area (Å²) in [5.41, 5.74) is 0. The molecule has 1 unspecified atom stereocenters. The summed E-state index contributed by atoms with van der Waals surface area (Å²) in [6.45, 7) is 7.19. The van der Waals surface area contributed by atoms with Gasteiger partial charge in [0, 0.05) is 24.1 Å². The zero-order valence-electron chi connectivity index (χ0n) is 12.2. The van der Waals surface area contributed by atoms with E-state index in [4.69, 9.17) is 5.11 Å². The second-order valence-electron chi connectivity index (χ2n) is 4.76. The van der Waals surface area contributed by atoms with E-state index in [2.05, 4.69) is 40.5 Å². The number of hydrogen-bond acceptors (Lipinski definition) is 6. The summed E-state index contributed by atoms with van der Waals surface area (Å²) in [6.07, 6.45) is 1.67. The molecule has 6 heteroatoms. The molecule has 0 fully saturated rings. The highest BCUT2D eigenvalue weighted by Crippen LogP contribution is 2.30. The molecule has 0 amide bonds. The van der Waals surface area contributed by atoms with Gasteiger partial charge in [-0.15, -0.1) is 11.3 Å². The maximum Gasteiger partial charge on any atom is 0.226 e. The van der Waals surface area contributed by atoms with Crippen molar-refractivity contribution in [2.75, 3.05) is 23.8 Å². The minimum Gasteiger partial charge on any atom is -0.396 e. The fourth-order valence-corrected chi connectivity index (χ4v) is 3.00. The summed E-state index contributed by atoms with van der Waals surface area (Å²) in [4.78, 5) is 11.3. The Hall–Kier alpha value is -1.40. The van der Waals surface area contributed by atoms with E-state index in [1.165, 1.54) is 4.88 Å². The number of aryl methyl sites for hydroxylation is 1. The van der Waals surface area contributed by atoms with E-state index in [1.54, 1.807) is 11.3 Å². The van der Waals surface area contributed by atoms with E-state index < -0.39 is 0 Å². The molecule has 0 saturated carbocycles. The van der Waals surface area contributed by atoms with Crippen LogP contribution in [0, 0.1) is 6.92 Å². The molecule has 3 N–H and O–H groups in total. The van der Waals surface area contributed by atoms with Crippen molar-refractivity contribution in [3.05, 3.63) is 10.9 Å². The summed E-state index contributed by atoms with van der Waals surface area (Å²) in [7, 11) is 0. The molecule has 110 valence electrons. The fraction of sp³-hybridized carbons (Fsp3) is 0.571. The summed E-state index contributed by atoms with van der Waals surface area (Å²) in [5, 5.41) is 16.8. The Labute approximate surface area is 123 Å². The molecular formula is C14H22N4OS. The van der Waals surface area contributed by atoms with Gasteiger partial charge in [0.15, 0.2) is 0 Å². The summed E-state index contributed by atoms with van der Waals surface area (Å²) in [6, 6.07) is 2.34. The lowest BCUT2D eigenvalue weighted by atomic mass is 10.1. The zero-order valence-corrected chi connectivity index (χ0v) is 13.0. The maximum atomic E-state index is 9.12. The number of aromatic nitrogens is 2. The van der Waals surface area contributed by atoms with Gasteiger partial charge in [-0.25, -0.2) is 4.98 Å². The number of fused-ring (bicyclic) bond motifs is 1. The van der Waals surface area contributed by atoms with Crippen LogP contribution in [0.25, 0.3) is 10.2 Å². The van der Waals surface area contributed by atoms with Gasteiger partial charge in [0.05, 0.1) is 5.39 Å². The van der Waals surface area contributed by atoms with E-state index in [-0.39, 0.29) is 12.6 Å². The lowest BCUT2D eigenvalue weighted by molar-refractivity contribution is 0.278.